The molecule has 2 fully saturated rings. The van der Waals surface area contributed by atoms with Crippen LogP contribution in [0.4, 0.5) is 17.3 Å². The van der Waals surface area contributed by atoms with Gasteiger partial charge < -0.3 is 21.4 Å². The Hall–Kier alpha value is -1.53. The number of nitrogens with two attached hydrogens (primary N) is 1. The van der Waals surface area contributed by atoms with E-state index in [0.717, 1.165) is 49.1 Å². The molecule has 0 bridgehead atoms. The Morgan fingerprint density at radius 1 is 1.13 bits per heavy atom. The maximum absolute atomic E-state index is 6.24. The van der Waals surface area contributed by atoms with Crippen molar-refractivity contribution in [1.29, 1.82) is 0 Å². The maximum Gasteiger partial charge on any atom is 0.166 e. The number of hydrogen-bond acceptors (Lipinski definition) is 6. The lowest BCUT2D eigenvalue weighted by Gasteiger charge is -2.33. The fourth-order valence-electron chi connectivity index (χ4n) is 3.37. The summed E-state index contributed by atoms with van der Waals surface area (Å²) in [6.07, 6.45) is 6.48. The standard InChI is InChI=1S/C17H30N6/c1-13-12-15(19-14-6-4-3-5-7-14)20-17(16(13)18)21-23-10-8-22(2)9-11-23/h12,14H,3-11,18H2,1-2H3,(H2,19,20,21). The van der Waals surface area contributed by atoms with Gasteiger partial charge in [-0.3, -0.25) is 0 Å². The fraction of sp³-hybridized carbons (Fsp3) is 0.706. The number of nitrogens with one attached hydrogen (secondary N) is 2. The Balaban J connectivity index is 1.68. The molecule has 128 valence electrons. The molecule has 0 spiro atoms. The maximum atomic E-state index is 6.24. The first-order chi connectivity index (χ1) is 11.1. The molecule has 0 aromatic carbocycles. The van der Waals surface area contributed by atoms with Crippen molar-refractivity contribution in [3.05, 3.63) is 11.6 Å². The van der Waals surface area contributed by atoms with Gasteiger partial charge in [0.1, 0.15) is 5.82 Å². The summed E-state index contributed by atoms with van der Waals surface area (Å²) in [5.41, 5.74) is 11.5. The Kier molecular flexibility index (Phi) is 5.23. The van der Waals surface area contributed by atoms with Gasteiger partial charge in [0.25, 0.3) is 0 Å². The van der Waals surface area contributed by atoms with E-state index in [1.165, 1.54) is 32.1 Å². The molecule has 1 aliphatic heterocycles. The van der Waals surface area contributed by atoms with Crippen LogP contribution in [0.3, 0.4) is 0 Å². The molecule has 0 unspecified atom stereocenters. The van der Waals surface area contributed by atoms with E-state index in [9.17, 15) is 0 Å². The van der Waals surface area contributed by atoms with Gasteiger partial charge in [0.2, 0.25) is 0 Å². The lowest BCUT2D eigenvalue weighted by Crippen LogP contribution is -2.47. The zero-order valence-electron chi connectivity index (χ0n) is 14.4. The zero-order chi connectivity index (χ0) is 16.2. The summed E-state index contributed by atoms with van der Waals surface area (Å²) in [5, 5.41) is 5.81. The summed E-state index contributed by atoms with van der Waals surface area (Å²) in [4.78, 5) is 7.07. The summed E-state index contributed by atoms with van der Waals surface area (Å²) in [7, 11) is 2.16. The van der Waals surface area contributed by atoms with Crippen LogP contribution in [0.15, 0.2) is 6.07 Å². The van der Waals surface area contributed by atoms with E-state index in [1.54, 1.807) is 0 Å². The second-order valence-corrected chi connectivity index (χ2v) is 6.97. The topological polar surface area (TPSA) is 69.5 Å². The highest BCUT2D eigenvalue weighted by atomic mass is 15.5. The van der Waals surface area contributed by atoms with Gasteiger partial charge >= 0.3 is 0 Å². The molecule has 1 aromatic heterocycles. The third kappa shape index (κ3) is 4.26. The Morgan fingerprint density at radius 2 is 1.83 bits per heavy atom. The van der Waals surface area contributed by atoms with Gasteiger partial charge in [-0.1, -0.05) is 19.3 Å². The van der Waals surface area contributed by atoms with Gasteiger partial charge in [-0.2, -0.15) is 0 Å². The number of hydrogen-bond donors (Lipinski definition) is 3. The van der Waals surface area contributed by atoms with E-state index >= 15 is 0 Å². The molecular weight excluding hydrogens is 288 g/mol. The average Bonchev–Trinajstić information content (AvgIpc) is 2.55. The molecule has 2 heterocycles. The predicted molar refractivity (Wildman–Crippen MR) is 96.6 cm³/mol. The van der Waals surface area contributed by atoms with Gasteiger partial charge in [0.15, 0.2) is 5.82 Å². The van der Waals surface area contributed by atoms with E-state index in [-0.39, 0.29) is 0 Å². The van der Waals surface area contributed by atoms with Crippen molar-refractivity contribution < 1.29 is 0 Å². The van der Waals surface area contributed by atoms with E-state index in [2.05, 4.69) is 40.7 Å². The third-order valence-electron chi connectivity index (χ3n) is 4.99. The van der Waals surface area contributed by atoms with E-state index in [4.69, 9.17) is 10.7 Å². The van der Waals surface area contributed by atoms with E-state index in [0.29, 0.717) is 6.04 Å². The number of aryl methyl sites for hydroxylation is 1. The van der Waals surface area contributed by atoms with Crippen LogP contribution in [-0.2, 0) is 0 Å². The first-order valence-electron chi connectivity index (χ1n) is 8.85. The summed E-state index contributed by atoms with van der Waals surface area (Å²) < 4.78 is 0. The molecule has 1 saturated heterocycles. The molecule has 1 aliphatic carbocycles. The normalized spacial score (nSPS) is 21.3. The van der Waals surface area contributed by atoms with Crippen LogP contribution in [-0.4, -0.2) is 54.2 Å². The van der Waals surface area contributed by atoms with Crippen LogP contribution in [0.2, 0.25) is 0 Å². The monoisotopic (exact) mass is 318 g/mol. The molecule has 2 aliphatic rings. The van der Waals surface area contributed by atoms with Crippen molar-refractivity contribution in [3.8, 4) is 0 Å². The second-order valence-electron chi connectivity index (χ2n) is 6.97. The third-order valence-corrected chi connectivity index (χ3v) is 4.99. The van der Waals surface area contributed by atoms with Crippen molar-refractivity contribution in [2.45, 2.75) is 45.1 Å². The van der Waals surface area contributed by atoms with Crippen LogP contribution in [0, 0.1) is 6.92 Å². The molecule has 3 rings (SSSR count). The minimum absolute atomic E-state index is 0.552. The molecule has 23 heavy (non-hydrogen) atoms. The molecule has 1 aromatic rings. The number of nitrogen functional groups attached to an aromatic ring is 1. The molecule has 0 radical (unpaired) electrons. The molecule has 4 N–H and O–H groups in total. The van der Waals surface area contributed by atoms with Gasteiger partial charge in [0, 0.05) is 32.2 Å². The van der Waals surface area contributed by atoms with Gasteiger partial charge in [-0.05, 0) is 38.4 Å². The number of hydrazine groups is 1. The molecule has 6 heteroatoms. The zero-order valence-corrected chi connectivity index (χ0v) is 14.4. The number of anilines is 3. The highest BCUT2D eigenvalue weighted by molar-refractivity contribution is 5.68. The Bertz CT molecular complexity index is 518. The smallest absolute Gasteiger partial charge is 0.166 e. The number of pyridine rings is 1. The average molecular weight is 318 g/mol. The number of rotatable bonds is 4. The van der Waals surface area contributed by atoms with Gasteiger partial charge in [-0.25, -0.2) is 9.99 Å². The lowest BCUT2D eigenvalue weighted by molar-refractivity contribution is 0.178. The summed E-state index contributed by atoms with van der Waals surface area (Å²) in [5.74, 6) is 1.73. The number of likely N-dealkylation sites (N-methyl/N-ethyl adjacent to an activating group) is 1. The first-order valence-corrected chi connectivity index (χ1v) is 8.85. The molecule has 0 amide bonds. The van der Waals surface area contributed by atoms with Crippen molar-refractivity contribution in [3.63, 3.8) is 0 Å². The number of aromatic nitrogens is 1. The quantitative estimate of drug-likeness (QED) is 0.791. The van der Waals surface area contributed by atoms with Crippen molar-refractivity contribution in [1.82, 2.24) is 14.9 Å². The van der Waals surface area contributed by atoms with Crippen LogP contribution < -0.4 is 16.5 Å². The molecule has 0 atom stereocenters. The first kappa shape index (κ1) is 16.3. The second kappa shape index (κ2) is 7.36. The van der Waals surface area contributed by atoms with Crippen LogP contribution >= 0.6 is 0 Å². The van der Waals surface area contributed by atoms with Crippen molar-refractivity contribution in [2.24, 2.45) is 0 Å². The van der Waals surface area contributed by atoms with Crippen LogP contribution in [0.5, 0.6) is 0 Å². The Morgan fingerprint density at radius 3 is 2.52 bits per heavy atom. The van der Waals surface area contributed by atoms with Crippen LogP contribution in [0.1, 0.15) is 37.7 Å². The van der Waals surface area contributed by atoms with Gasteiger partial charge in [0.05, 0.1) is 5.69 Å². The van der Waals surface area contributed by atoms with Crippen molar-refractivity contribution >= 4 is 17.3 Å². The fourth-order valence-corrected chi connectivity index (χ4v) is 3.37. The molecule has 6 nitrogen and oxygen atoms in total. The van der Waals surface area contributed by atoms with E-state index < -0.39 is 0 Å². The molecule has 1 saturated carbocycles. The largest absolute Gasteiger partial charge is 0.395 e. The summed E-state index contributed by atoms with van der Waals surface area (Å²) in [6, 6.07) is 2.62. The van der Waals surface area contributed by atoms with Gasteiger partial charge in [-0.15, -0.1) is 0 Å². The molecular formula is C17H30N6. The SMILES string of the molecule is Cc1cc(NC2CCCCC2)nc(NN2CCN(C)CC2)c1N. The highest BCUT2D eigenvalue weighted by Gasteiger charge is 2.18. The summed E-state index contributed by atoms with van der Waals surface area (Å²) in [6.45, 7) is 6.14. The highest BCUT2D eigenvalue weighted by Crippen LogP contribution is 2.27. The predicted octanol–water partition coefficient (Wildman–Crippen LogP) is 2.29. The Labute approximate surface area is 139 Å². The summed E-state index contributed by atoms with van der Waals surface area (Å²) >= 11 is 0. The number of nitrogens with zero attached hydrogens (tertiary/aromatic N) is 3. The minimum Gasteiger partial charge on any atom is -0.395 e. The van der Waals surface area contributed by atoms with E-state index in [1.807, 2.05) is 0 Å². The lowest BCUT2D eigenvalue weighted by atomic mass is 9.95. The van der Waals surface area contributed by atoms with Crippen molar-refractivity contribution in [2.75, 3.05) is 49.7 Å². The number of piperazine rings is 1. The minimum atomic E-state index is 0.552. The van der Waals surface area contributed by atoms with Crippen LogP contribution in [0.25, 0.3) is 0 Å².